The third-order valence-electron chi connectivity index (χ3n) is 1.62. The van der Waals surface area contributed by atoms with Gasteiger partial charge in [-0.15, -0.1) is 0 Å². The Morgan fingerprint density at radius 3 is 2.50 bits per heavy atom. The van der Waals surface area contributed by atoms with Crippen LogP contribution in [-0.4, -0.2) is 84.2 Å². The van der Waals surface area contributed by atoms with Crippen LogP contribution in [0.2, 0.25) is 0 Å². The molecule has 1 rings (SSSR count). The minimum atomic E-state index is -5.10. The monoisotopic (exact) mass is 350 g/mol. The molecular formula is C5H9BaO7P. The van der Waals surface area contributed by atoms with Crippen LogP contribution in [0.1, 0.15) is 6.42 Å². The fourth-order valence-electron chi connectivity index (χ4n) is 1.07. The molecule has 0 spiro atoms. The number of rotatable bonds is 3. The maximum Gasteiger partial charge on any atom is 2.00 e. The zero-order valence-electron chi connectivity index (χ0n) is 7.24. The molecule has 0 aliphatic carbocycles. The van der Waals surface area contributed by atoms with Crippen LogP contribution in [0, 0.1) is 0 Å². The largest absolute Gasteiger partial charge is 2.00 e. The topological polar surface area (TPSA) is 122 Å². The van der Waals surface area contributed by atoms with E-state index in [1.807, 2.05) is 0 Å². The summed E-state index contributed by atoms with van der Waals surface area (Å²) in [5.74, 6) is 0. The van der Waals surface area contributed by atoms with Crippen LogP contribution in [0.15, 0.2) is 0 Å². The first-order valence-electron chi connectivity index (χ1n) is 3.57. The summed E-state index contributed by atoms with van der Waals surface area (Å²) in [5, 5.41) is 17.7. The molecule has 7 nitrogen and oxygen atoms in total. The molecule has 0 bridgehead atoms. The normalized spacial score (nSPS) is 32.7. The van der Waals surface area contributed by atoms with Crippen molar-refractivity contribution in [1.82, 2.24) is 0 Å². The fourth-order valence-corrected chi connectivity index (χ4v) is 1.49. The Hall–Kier alpha value is 1.56. The Morgan fingerprint density at radius 2 is 2.14 bits per heavy atom. The minimum Gasteiger partial charge on any atom is -0.790 e. The number of aliphatic hydroxyl groups is 2. The van der Waals surface area contributed by atoms with Gasteiger partial charge in [0.2, 0.25) is 0 Å². The van der Waals surface area contributed by atoms with Crippen molar-refractivity contribution in [2.24, 2.45) is 0 Å². The molecular weight excluding hydrogens is 340 g/mol. The summed E-state index contributed by atoms with van der Waals surface area (Å²) in [4.78, 5) is 20.2. The number of phosphoric acid groups is 1. The van der Waals surface area contributed by atoms with Crippen LogP contribution in [0.4, 0.5) is 0 Å². The second-order valence-electron chi connectivity index (χ2n) is 2.64. The second-order valence-corrected chi connectivity index (χ2v) is 3.75. The standard InChI is InChI=1S/C5H11O7P.Ba/c6-2-4-3(7)1-5(11-4)12-13(8,9)10;/h3-7H,1-2H2,(H2,8,9,10);/q;+2/p-2/t3-,4+,5+;/m0./s1. The van der Waals surface area contributed by atoms with Gasteiger partial charge in [0.05, 0.1) is 20.5 Å². The Morgan fingerprint density at radius 1 is 1.57 bits per heavy atom. The molecule has 1 aliphatic heterocycles. The second kappa shape index (κ2) is 6.33. The summed E-state index contributed by atoms with van der Waals surface area (Å²) in [6, 6.07) is 0. The average Bonchev–Trinajstić information content (AvgIpc) is 2.26. The number of phosphoric ester groups is 1. The molecule has 1 heterocycles. The quantitative estimate of drug-likeness (QED) is 0.409. The third kappa shape index (κ3) is 5.06. The van der Waals surface area contributed by atoms with Crippen molar-refractivity contribution in [3.05, 3.63) is 0 Å². The van der Waals surface area contributed by atoms with Crippen molar-refractivity contribution in [2.45, 2.75) is 24.9 Å². The Balaban J connectivity index is 0.00000169. The van der Waals surface area contributed by atoms with Gasteiger partial charge in [-0.2, -0.15) is 0 Å². The van der Waals surface area contributed by atoms with Crippen LogP contribution < -0.4 is 9.79 Å². The van der Waals surface area contributed by atoms with Crippen molar-refractivity contribution in [3.63, 3.8) is 0 Å². The minimum absolute atomic E-state index is 0. The van der Waals surface area contributed by atoms with E-state index in [2.05, 4.69) is 4.52 Å². The first-order valence-corrected chi connectivity index (χ1v) is 5.03. The average molecular weight is 349 g/mol. The third-order valence-corrected chi connectivity index (χ3v) is 2.11. The predicted octanol–water partition coefficient (Wildman–Crippen LogP) is -3.08. The molecule has 0 aromatic rings. The van der Waals surface area contributed by atoms with Crippen molar-refractivity contribution >= 4 is 56.7 Å². The van der Waals surface area contributed by atoms with Gasteiger partial charge in [0.1, 0.15) is 6.10 Å². The maximum atomic E-state index is 10.1. The van der Waals surface area contributed by atoms with Crippen molar-refractivity contribution in [3.8, 4) is 0 Å². The smallest absolute Gasteiger partial charge is 0.790 e. The molecule has 3 atom stereocenters. The van der Waals surface area contributed by atoms with E-state index in [1.54, 1.807) is 0 Å². The van der Waals surface area contributed by atoms with E-state index in [-0.39, 0.29) is 55.3 Å². The SMILES string of the molecule is O=P([O-])([O-])O[C@@H]1C[C@H](O)[C@@H](CO)O1.[Ba+2]. The van der Waals surface area contributed by atoms with Gasteiger partial charge in [-0.3, -0.25) is 0 Å². The Bertz CT molecular complexity index is 218. The van der Waals surface area contributed by atoms with Gasteiger partial charge in [-0.05, 0) is 0 Å². The van der Waals surface area contributed by atoms with Gasteiger partial charge in [0.15, 0.2) is 6.29 Å². The number of ether oxygens (including phenoxy) is 1. The first kappa shape index (κ1) is 15.6. The molecule has 9 heteroatoms. The van der Waals surface area contributed by atoms with E-state index in [9.17, 15) is 14.4 Å². The number of hydrogen-bond acceptors (Lipinski definition) is 7. The molecule has 0 unspecified atom stereocenters. The van der Waals surface area contributed by atoms with E-state index in [4.69, 9.17) is 14.9 Å². The number of hydrogen-bond donors (Lipinski definition) is 2. The van der Waals surface area contributed by atoms with E-state index in [0.717, 1.165) is 0 Å². The van der Waals surface area contributed by atoms with Gasteiger partial charge >= 0.3 is 48.9 Å². The van der Waals surface area contributed by atoms with Crippen molar-refractivity contribution in [1.29, 1.82) is 0 Å². The summed E-state index contributed by atoms with van der Waals surface area (Å²) in [5.41, 5.74) is 0. The summed E-state index contributed by atoms with van der Waals surface area (Å²) in [6.07, 6.45) is -3.33. The van der Waals surface area contributed by atoms with Crippen LogP contribution in [0.5, 0.6) is 0 Å². The molecule has 14 heavy (non-hydrogen) atoms. The summed E-state index contributed by atoms with van der Waals surface area (Å²) < 4.78 is 18.8. The van der Waals surface area contributed by atoms with Gasteiger partial charge in [-0.1, -0.05) is 0 Å². The van der Waals surface area contributed by atoms with Crippen LogP contribution >= 0.6 is 7.82 Å². The summed E-state index contributed by atoms with van der Waals surface area (Å²) in [7, 11) is -5.10. The van der Waals surface area contributed by atoms with Gasteiger partial charge in [-0.25, -0.2) is 0 Å². The molecule has 0 amide bonds. The van der Waals surface area contributed by atoms with E-state index >= 15 is 0 Å². The summed E-state index contributed by atoms with van der Waals surface area (Å²) in [6.45, 7) is -0.455. The Labute approximate surface area is 121 Å². The van der Waals surface area contributed by atoms with Crippen molar-refractivity contribution < 1.29 is 33.8 Å². The van der Waals surface area contributed by atoms with Crippen LogP contribution in [-0.2, 0) is 13.8 Å². The molecule has 1 aliphatic rings. The zero-order valence-corrected chi connectivity index (χ0v) is 12.6. The van der Waals surface area contributed by atoms with Crippen LogP contribution in [0.25, 0.3) is 0 Å². The molecule has 0 radical (unpaired) electrons. The van der Waals surface area contributed by atoms with Crippen LogP contribution in [0.3, 0.4) is 0 Å². The van der Waals surface area contributed by atoms with E-state index in [0.29, 0.717) is 0 Å². The zero-order chi connectivity index (χ0) is 10.1. The maximum absolute atomic E-state index is 10.1. The molecule has 78 valence electrons. The fraction of sp³-hybridized carbons (Fsp3) is 1.00. The van der Waals surface area contributed by atoms with Gasteiger partial charge < -0.3 is 33.8 Å². The first-order chi connectivity index (χ1) is 5.92. The van der Waals surface area contributed by atoms with Gasteiger partial charge in [0.25, 0.3) is 0 Å². The summed E-state index contributed by atoms with van der Waals surface area (Å²) >= 11 is 0. The molecule has 0 saturated carbocycles. The Kier molecular flexibility index (Phi) is 7.04. The van der Waals surface area contributed by atoms with E-state index < -0.39 is 32.9 Å². The predicted molar refractivity (Wildman–Crippen MR) is 40.8 cm³/mol. The molecule has 1 saturated heterocycles. The molecule has 1 fully saturated rings. The molecule has 0 aromatic carbocycles. The van der Waals surface area contributed by atoms with Crippen molar-refractivity contribution in [2.75, 3.05) is 6.61 Å². The van der Waals surface area contributed by atoms with Gasteiger partial charge in [0, 0.05) is 6.42 Å². The molecule has 2 N–H and O–H groups in total. The molecule has 0 aromatic heterocycles. The van der Waals surface area contributed by atoms with E-state index in [1.165, 1.54) is 0 Å². The number of aliphatic hydroxyl groups excluding tert-OH is 2.